The van der Waals surface area contributed by atoms with E-state index in [-0.39, 0.29) is 15.2 Å². The van der Waals surface area contributed by atoms with Crippen LogP contribution < -0.4 is 35.6 Å². The summed E-state index contributed by atoms with van der Waals surface area (Å²) < 4.78 is 26.7. The van der Waals surface area contributed by atoms with Crippen LogP contribution in [0.25, 0.3) is 0 Å². The molecule has 0 saturated heterocycles. The Labute approximate surface area is 151 Å². The zero-order chi connectivity index (χ0) is 18.6. The van der Waals surface area contributed by atoms with Crippen molar-refractivity contribution < 1.29 is 48.5 Å². The molecule has 2 amide bonds. The van der Waals surface area contributed by atoms with Gasteiger partial charge in [0, 0.05) is 0 Å². The summed E-state index contributed by atoms with van der Waals surface area (Å²) in [7, 11) is 0. The Bertz CT molecular complexity index is 800. The number of amides is 2. The zero-order valence-corrected chi connectivity index (χ0v) is 14.9. The molecule has 1 unspecified atom stereocenters. The van der Waals surface area contributed by atoms with E-state index in [9.17, 15) is 23.6 Å². The summed E-state index contributed by atoms with van der Waals surface area (Å²) >= 11 is -1.73. The molecule has 0 aliphatic carbocycles. The van der Waals surface area contributed by atoms with Crippen LogP contribution in [0.4, 0.5) is 20.2 Å². The van der Waals surface area contributed by atoms with E-state index in [4.69, 9.17) is 5.21 Å². The topological polar surface area (TPSA) is 106 Å². The number of hydrogen-bond donors (Lipinski definition) is 4. The quantitative estimate of drug-likeness (QED) is 0.180. The van der Waals surface area contributed by atoms with Crippen LogP contribution in [-0.4, -0.2) is 17.0 Å². The number of anilines is 2. The minimum atomic E-state index is -1.73. The van der Waals surface area contributed by atoms with Gasteiger partial charge in [-0.3, -0.25) is 0 Å². The standard InChI is InChI=1S/C15H13F2IN3O4/c1-8(22)19-9-2-4-10(5-3-9)20-15(23)13-11(16)6-7-12(14(13)17)18-21(24)25/h2-7,21,24H,1H3,(H,19,22)(H,20,23)/q-1. The van der Waals surface area contributed by atoms with Gasteiger partial charge in [-0.05, 0) is 0 Å². The van der Waals surface area contributed by atoms with Crippen molar-refractivity contribution in [2.45, 2.75) is 6.92 Å². The van der Waals surface area contributed by atoms with E-state index in [0.29, 0.717) is 5.69 Å². The molecule has 0 heterocycles. The molecule has 0 aliphatic heterocycles. The van der Waals surface area contributed by atoms with E-state index in [1.165, 1.54) is 31.2 Å². The molecule has 7 nitrogen and oxygen atoms in total. The van der Waals surface area contributed by atoms with Gasteiger partial charge in [-0.15, -0.1) is 0 Å². The van der Waals surface area contributed by atoms with Gasteiger partial charge < -0.3 is 0 Å². The predicted octanol–water partition coefficient (Wildman–Crippen LogP) is -1.88. The molecule has 2 aromatic carbocycles. The minimum absolute atomic E-state index is 0.182. The van der Waals surface area contributed by atoms with Gasteiger partial charge in [0.1, 0.15) is 0 Å². The van der Waals surface area contributed by atoms with E-state index < -0.39 is 48.0 Å². The van der Waals surface area contributed by atoms with Gasteiger partial charge >= 0.3 is 152 Å². The first-order chi connectivity index (χ1) is 11.8. The van der Waals surface area contributed by atoms with Crippen LogP contribution in [0, 0.1) is 20.4 Å². The molecule has 0 radical (unpaired) electrons. The van der Waals surface area contributed by atoms with Crippen LogP contribution >= 0.6 is 0 Å². The fourth-order valence-electron chi connectivity index (χ4n) is 1.93. The molecule has 1 atom stereocenters. The van der Waals surface area contributed by atoms with Crippen molar-refractivity contribution in [2.24, 2.45) is 0 Å². The molecule has 0 aliphatic rings. The molecule has 134 valence electrons. The normalized spacial score (nSPS) is 11.9. The molecule has 2 rings (SSSR count). The second kappa shape index (κ2) is 8.29. The van der Waals surface area contributed by atoms with Gasteiger partial charge in [0.25, 0.3) is 0 Å². The Hall–Kier alpha value is -2.15. The summed E-state index contributed by atoms with van der Waals surface area (Å²) in [5.74, 6) is -3.54. The van der Waals surface area contributed by atoms with Gasteiger partial charge in [-0.25, -0.2) is 0 Å². The molecule has 0 aromatic heterocycles. The van der Waals surface area contributed by atoms with E-state index in [1.54, 1.807) is 0 Å². The Morgan fingerprint density at radius 2 is 1.64 bits per heavy atom. The van der Waals surface area contributed by atoms with Gasteiger partial charge in [0.15, 0.2) is 0 Å². The number of carbonyl (C=O) groups is 2. The number of halogens is 3. The summed E-state index contributed by atoms with van der Waals surface area (Å²) in [6, 6.07) is 7.83. The first kappa shape index (κ1) is 19.2. The van der Waals surface area contributed by atoms with Crippen LogP contribution in [0.3, 0.4) is 0 Å². The molecule has 10 heteroatoms. The predicted molar refractivity (Wildman–Crippen MR) is 79.9 cm³/mol. The van der Waals surface area contributed by atoms with Crippen molar-refractivity contribution in [3.05, 3.63) is 62.4 Å². The van der Waals surface area contributed by atoms with Crippen molar-refractivity contribution in [3.8, 4) is 0 Å². The molecule has 25 heavy (non-hydrogen) atoms. The third kappa shape index (κ3) is 5.16. The van der Waals surface area contributed by atoms with Crippen LogP contribution in [0.2, 0.25) is 0 Å². The third-order valence-corrected chi connectivity index (χ3v) is 4.79. The Morgan fingerprint density at radius 3 is 2.16 bits per heavy atom. The first-order valence-corrected chi connectivity index (χ1v) is 8.98. The van der Waals surface area contributed by atoms with Crippen LogP contribution in [0.5, 0.6) is 0 Å². The molecular formula is C15H13F2IN3O4-. The zero-order valence-electron chi connectivity index (χ0n) is 12.8. The Morgan fingerprint density at radius 1 is 1.08 bits per heavy atom. The number of nitrogens with one attached hydrogen (secondary N) is 3. The number of carbonyl (C=O) groups excluding carboxylic acids is 2. The van der Waals surface area contributed by atoms with Crippen molar-refractivity contribution >= 4 is 23.2 Å². The van der Waals surface area contributed by atoms with Crippen LogP contribution in [0.1, 0.15) is 17.3 Å². The summed E-state index contributed by atoms with van der Waals surface area (Å²) in [4.78, 5) is 23.1. The average Bonchev–Trinajstić information content (AvgIpc) is 2.51. The number of quaternary nitrogens is 1. The molecule has 0 bridgehead atoms. The number of rotatable bonds is 5. The third-order valence-electron chi connectivity index (χ3n) is 2.92. The molecule has 0 fully saturated rings. The van der Waals surface area contributed by atoms with Gasteiger partial charge in [0.05, 0.1) is 0 Å². The van der Waals surface area contributed by atoms with Crippen molar-refractivity contribution in [1.82, 2.24) is 0 Å². The molecular weight excluding hydrogens is 451 g/mol. The number of hydrogen-bond acceptors (Lipinski definition) is 4. The van der Waals surface area contributed by atoms with E-state index in [2.05, 4.69) is 10.6 Å². The molecule has 0 spiro atoms. The molecule has 2 aromatic rings. The van der Waals surface area contributed by atoms with E-state index in [0.717, 1.165) is 12.1 Å². The van der Waals surface area contributed by atoms with Crippen molar-refractivity contribution in [1.29, 1.82) is 0 Å². The van der Waals surface area contributed by atoms with Gasteiger partial charge in [-0.1, -0.05) is 0 Å². The fourth-order valence-corrected chi connectivity index (χ4v) is 3.29. The first-order valence-electron chi connectivity index (χ1n) is 6.82. The SMILES string of the molecule is CC(=O)Nc1ccc(NC(=O)c2c(F)ccc([I-][NH+]([O-])O)c2F)cc1. The van der Waals surface area contributed by atoms with Gasteiger partial charge in [0.2, 0.25) is 0 Å². The summed E-state index contributed by atoms with van der Waals surface area (Å²) in [5.41, 5.74) is -0.0725. The second-order valence-corrected chi connectivity index (χ2v) is 7.40. The fraction of sp³-hybridized carbons (Fsp3) is 0.0667. The molecule has 4 N–H and O–H groups in total. The summed E-state index contributed by atoms with van der Waals surface area (Å²) in [6.45, 7) is 1.34. The number of benzene rings is 2. The summed E-state index contributed by atoms with van der Waals surface area (Å²) in [5, 5.41) is 24.4. The second-order valence-electron chi connectivity index (χ2n) is 4.78. The Balaban J connectivity index is 2.21. The average molecular weight is 464 g/mol. The maximum absolute atomic E-state index is 14.3. The van der Waals surface area contributed by atoms with Crippen LogP contribution in [0.15, 0.2) is 36.4 Å². The van der Waals surface area contributed by atoms with Crippen molar-refractivity contribution in [3.63, 3.8) is 0 Å². The van der Waals surface area contributed by atoms with Crippen LogP contribution in [-0.2, 0) is 4.79 Å². The maximum atomic E-state index is 14.3. The monoisotopic (exact) mass is 464 g/mol. The van der Waals surface area contributed by atoms with Crippen molar-refractivity contribution in [2.75, 3.05) is 10.6 Å². The van der Waals surface area contributed by atoms with E-state index >= 15 is 0 Å². The summed E-state index contributed by atoms with van der Waals surface area (Å²) in [6.07, 6.45) is 0. The Kier molecular flexibility index (Phi) is 6.36. The molecule has 0 saturated carbocycles. The van der Waals surface area contributed by atoms with Gasteiger partial charge in [-0.2, -0.15) is 0 Å². The van der Waals surface area contributed by atoms with E-state index in [1.807, 2.05) is 0 Å².